The summed E-state index contributed by atoms with van der Waals surface area (Å²) >= 11 is 1.72. The van der Waals surface area contributed by atoms with Gasteiger partial charge in [0.1, 0.15) is 5.01 Å². The summed E-state index contributed by atoms with van der Waals surface area (Å²) in [7, 11) is 0. The molecule has 0 aliphatic rings. The van der Waals surface area contributed by atoms with Gasteiger partial charge in [-0.15, -0.1) is 0 Å². The van der Waals surface area contributed by atoms with Crippen molar-refractivity contribution in [2.45, 2.75) is 39.5 Å². The topological polar surface area (TPSA) is 30.2 Å². The second kappa shape index (κ2) is 5.37. The van der Waals surface area contributed by atoms with E-state index >= 15 is 0 Å². The van der Waals surface area contributed by atoms with Crippen molar-refractivity contribution in [3.63, 3.8) is 0 Å². The summed E-state index contributed by atoms with van der Waals surface area (Å²) in [5, 5.41) is 5.98. The Balaban J connectivity index is 2.07. The van der Waals surface area contributed by atoms with Gasteiger partial charge in [0.2, 0.25) is 4.96 Å². The fourth-order valence-electron chi connectivity index (χ4n) is 2.54. The smallest absolute Gasteiger partial charge is 0.212 e. The molecule has 0 spiro atoms. The summed E-state index contributed by atoms with van der Waals surface area (Å²) in [5.74, 6) is 0.557. The van der Waals surface area contributed by atoms with E-state index in [1.807, 2.05) is 22.7 Å². The predicted molar refractivity (Wildman–Crippen MR) is 84.4 cm³/mol. The predicted octanol–water partition coefficient (Wildman–Crippen LogP) is 4.67. The maximum absolute atomic E-state index is 4.77. The molecule has 0 atom stereocenters. The normalized spacial score (nSPS) is 11.6. The van der Waals surface area contributed by atoms with Crippen molar-refractivity contribution in [2.75, 3.05) is 0 Å². The lowest BCUT2D eigenvalue weighted by Gasteiger charge is -2.06. The minimum atomic E-state index is 0.557. The standard InChI is InChI=1S/C16H19N3S/c1-4-12(5-2)15-18-19-11(3)14(17-16(19)20-15)13-9-7-6-8-10-13/h6-10,12H,4-5H2,1-3H3. The molecule has 2 aromatic heterocycles. The molecule has 0 aliphatic carbocycles. The molecule has 4 heteroatoms. The number of hydrogen-bond donors (Lipinski definition) is 0. The number of aryl methyl sites for hydroxylation is 1. The molecule has 0 unspecified atom stereocenters. The van der Waals surface area contributed by atoms with Gasteiger partial charge >= 0.3 is 0 Å². The average Bonchev–Trinajstić information content (AvgIpc) is 3.02. The molecule has 0 saturated carbocycles. The minimum Gasteiger partial charge on any atom is -0.217 e. The molecule has 3 nitrogen and oxygen atoms in total. The number of hydrogen-bond acceptors (Lipinski definition) is 3. The molecular weight excluding hydrogens is 266 g/mol. The zero-order valence-corrected chi connectivity index (χ0v) is 12.9. The van der Waals surface area contributed by atoms with Gasteiger partial charge in [-0.05, 0) is 19.8 Å². The fraction of sp³-hybridized carbons (Fsp3) is 0.375. The van der Waals surface area contributed by atoms with E-state index in [4.69, 9.17) is 10.1 Å². The van der Waals surface area contributed by atoms with Crippen LogP contribution in [0.25, 0.3) is 16.2 Å². The van der Waals surface area contributed by atoms with Crippen LogP contribution >= 0.6 is 11.3 Å². The maximum Gasteiger partial charge on any atom is 0.212 e. The van der Waals surface area contributed by atoms with E-state index < -0.39 is 0 Å². The zero-order chi connectivity index (χ0) is 14.1. The minimum absolute atomic E-state index is 0.557. The van der Waals surface area contributed by atoms with Crippen LogP contribution in [0.15, 0.2) is 30.3 Å². The molecule has 3 rings (SSSR count). The second-order valence-corrected chi connectivity index (χ2v) is 6.05. The highest BCUT2D eigenvalue weighted by Crippen LogP contribution is 2.31. The summed E-state index contributed by atoms with van der Waals surface area (Å²) in [6.45, 7) is 6.54. The third-order valence-corrected chi connectivity index (χ3v) is 4.90. The molecule has 0 fully saturated rings. The van der Waals surface area contributed by atoms with Crippen molar-refractivity contribution in [1.82, 2.24) is 14.6 Å². The Hall–Kier alpha value is -1.68. The molecule has 2 heterocycles. The number of aromatic nitrogens is 3. The lowest BCUT2D eigenvalue weighted by molar-refractivity contribution is 0.624. The lowest BCUT2D eigenvalue weighted by atomic mass is 10.1. The van der Waals surface area contributed by atoms with Gasteiger partial charge < -0.3 is 0 Å². The third kappa shape index (κ3) is 2.14. The van der Waals surface area contributed by atoms with Gasteiger partial charge in [-0.1, -0.05) is 55.5 Å². The largest absolute Gasteiger partial charge is 0.217 e. The molecule has 20 heavy (non-hydrogen) atoms. The van der Waals surface area contributed by atoms with Crippen LogP contribution in [0.4, 0.5) is 0 Å². The average molecular weight is 285 g/mol. The summed E-state index contributed by atoms with van der Waals surface area (Å²) in [6.07, 6.45) is 2.27. The van der Waals surface area contributed by atoms with Crippen LogP contribution in [0.3, 0.4) is 0 Å². The first-order valence-corrected chi connectivity index (χ1v) is 7.97. The van der Waals surface area contributed by atoms with Crippen molar-refractivity contribution in [3.8, 4) is 11.3 Å². The van der Waals surface area contributed by atoms with Crippen LogP contribution in [0.1, 0.15) is 43.3 Å². The van der Waals surface area contributed by atoms with Gasteiger partial charge in [-0.2, -0.15) is 5.10 Å². The SMILES string of the molecule is CCC(CC)c1nn2c(C)c(-c3ccccc3)nc2s1. The molecule has 0 bridgehead atoms. The van der Waals surface area contributed by atoms with Crippen molar-refractivity contribution < 1.29 is 0 Å². The van der Waals surface area contributed by atoms with Crippen LogP contribution in [0.5, 0.6) is 0 Å². The Labute approximate surface area is 123 Å². The van der Waals surface area contributed by atoms with Crippen LogP contribution in [-0.4, -0.2) is 14.6 Å². The first kappa shape index (κ1) is 13.3. The Morgan fingerprint density at radius 2 is 1.85 bits per heavy atom. The number of nitrogens with zero attached hydrogens (tertiary/aromatic N) is 3. The Bertz CT molecular complexity index is 708. The van der Waals surface area contributed by atoms with Crippen LogP contribution in [0, 0.1) is 6.92 Å². The Kier molecular flexibility index (Phi) is 3.57. The van der Waals surface area contributed by atoms with E-state index in [1.54, 1.807) is 11.3 Å². The van der Waals surface area contributed by atoms with E-state index in [2.05, 4.69) is 32.9 Å². The van der Waals surface area contributed by atoms with Gasteiger partial charge in [-0.3, -0.25) is 0 Å². The van der Waals surface area contributed by atoms with Crippen molar-refractivity contribution >= 4 is 16.3 Å². The van der Waals surface area contributed by atoms with Crippen LogP contribution in [-0.2, 0) is 0 Å². The molecule has 0 N–H and O–H groups in total. The monoisotopic (exact) mass is 285 g/mol. The summed E-state index contributed by atoms with van der Waals surface area (Å²) in [4.78, 5) is 5.78. The second-order valence-electron chi connectivity index (χ2n) is 5.06. The van der Waals surface area contributed by atoms with E-state index in [9.17, 15) is 0 Å². The van der Waals surface area contributed by atoms with E-state index in [0.29, 0.717) is 5.92 Å². The zero-order valence-electron chi connectivity index (χ0n) is 12.1. The molecule has 0 saturated heterocycles. The Morgan fingerprint density at radius 1 is 1.15 bits per heavy atom. The number of fused-ring (bicyclic) bond motifs is 1. The van der Waals surface area contributed by atoms with Gasteiger partial charge in [0.05, 0.1) is 11.4 Å². The van der Waals surface area contributed by atoms with Crippen molar-refractivity contribution in [2.24, 2.45) is 0 Å². The number of imidazole rings is 1. The van der Waals surface area contributed by atoms with Gasteiger partial charge in [0.15, 0.2) is 0 Å². The molecule has 1 aromatic carbocycles. The maximum atomic E-state index is 4.77. The lowest BCUT2D eigenvalue weighted by Crippen LogP contribution is -1.97. The molecule has 3 aromatic rings. The van der Waals surface area contributed by atoms with Crippen LogP contribution < -0.4 is 0 Å². The summed E-state index contributed by atoms with van der Waals surface area (Å²) in [5.41, 5.74) is 3.33. The van der Waals surface area contributed by atoms with E-state index in [1.165, 1.54) is 5.01 Å². The molecular formula is C16H19N3S. The first-order valence-electron chi connectivity index (χ1n) is 7.16. The van der Waals surface area contributed by atoms with E-state index in [-0.39, 0.29) is 0 Å². The molecule has 0 radical (unpaired) electrons. The molecule has 0 aliphatic heterocycles. The van der Waals surface area contributed by atoms with Crippen molar-refractivity contribution in [1.29, 1.82) is 0 Å². The van der Waals surface area contributed by atoms with Gasteiger partial charge in [0, 0.05) is 11.5 Å². The highest BCUT2D eigenvalue weighted by Gasteiger charge is 2.18. The quantitative estimate of drug-likeness (QED) is 0.697. The van der Waals surface area contributed by atoms with Crippen molar-refractivity contribution in [3.05, 3.63) is 41.0 Å². The highest BCUT2D eigenvalue weighted by atomic mass is 32.1. The van der Waals surface area contributed by atoms with Gasteiger partial charge in [0.25, 0.3) is 0 Å². The summed E-state index contributed by atoms with van der Waals surface area (Å²) < 4.78 is 2.00. The third-order valence-electron chi connectivity index (χ3n) is 3.83. The molecule has 0 amide bonds. The highest BCUT2D eigenvalue weighted by molar-refractivity contribution is 7.16. The summed E-state index contributed by atoms with van der Waals surface area (Å²) in [6, 6.07) is 10.3. The first-order chi connectivity index (χ1) is 9.74. The fourth-order valence-corrected chi connectivity index (χ4v) is 3.75. The number of benzene rings is 1. The number of rotatable bonds is 4. The van der Waals surface area contributed by atoms with Crippen LogP contribution in [0.2, 0.25) is 0 Å². The van der Waals surface area contributed by atoms with Gasteiger partial charge in [-0.25, -0.2) is 9.50 Å². The van der Waals surface area contributed by atoms with E-state index in [0.717, 1.165) is 34.8 Å². The Morgan fingerprint density at radius 3 is 2.45 bits per heavy atom. The molecule has 104 valence electrons.